The van der Waals surface area contributed by atoms with Crippen LogP contribution >= 0.6 is 0 Å². The second-order valence-corrected chi connectivity index (χ2v) is 5.85. The maximum atomic E-state index is 13.0. The summed E-state index contributed by atoms with van der Waals surface area (Å²) in [5.74, 6) is 0. The van der Waals surface area contributed by atoms with Crippen molar-refractivity contribution in [2.75, 3.05) is 10.2 Å². The Kier molecular flexibility index (Phi) is 5.47. The van der Waals surface area contributed by atoms with Crippen molar-refractivity contribution in [3.05, 3.63) is 96.1 Å². The first-order valence-electron chi connectivity index (χ1n) is 8.53. The number of rotatable bonds is 5. The first kappa shape index (κ1) is 16.8. The zero-order valence-electron chi connectivity index (χ0n) is 14.4. The molecule has 0 saturated heterocycles. The number of urea groups is 1. The lowest BCUT2D eigenvalue weighted by Gasteiger charge is -2.25. The molecule has 0 unspecified atom stereocenters. The van der Waals surface area contributed by atoms with E-state index in [1.54, 1.807) is 4.90 Å². The average molecular weight is 330 g/mol. The van der Waals surface area contributed by atoms with Crippen molar-refractivity contribution < 1.29 is 4.79 Å². The molecule has 0 heterocycles. The molecule has 0 radical (unpaired) electrons. The number of hydrogen-bond acceptors (Lipinski definition) is 1. The van der Waals surface area contributed by atoms with Crippen LogP contribution in [-0.2, 0) is 13.0 Å². The van der Waals surface area contributed by atoms with E-state index < -0.39 is 0 Å². The number of aryl methyl sites for hydroxylation is 1. The van der Waals surface area contributed by atoms with E-state index in [0.717, 1.165) is 28.9 Å². The van der Waals surface area contributed by atoms with E-state index in [1.807, 2.05) is 78.9 Å². The minimum atomic E-state index is -0.129. The van der Waals surface area contributed by atoms with Crippen molar-refractivity contribution in [1.82, 2.24) is 0 Å². The summed E-state index contributed by atoms with van der Waals surface area (Å²) in [6.07, 6.45) is 0.875. The second-order valence-electron chi connectivity index (χ2n) is 5.85. The molecule has 0 atom stereocenters. The molecule has 0 bridgehead atoms. The minimum Gasteiger partial charge on any atom is -0.308 e. The van der Waals surface area contributed by atoms with Crippen LogP contribution in [0.25, 0.3) is 0 Å². The SMILES string of the molecule is CCc1ccccc1N(Cc1ccccc1)C(=O)Nc1ccccc1. The van der Waals surface area contributed by atoms with E-state index >= 15 is 0 Å². The van der Waals surface area contributed by atoms with Gasteiger partial charge in [0.2, 0.25) is 0 Å². The van der Waals surface area contributed by atoms with Crippen molar-refractivity contribution in [3.8, 4) is 0 Å². The highest BCUT2D eigenvalue weighted by Crippen LogP contribution is 2.24. The lowest BCUT2D eigenvalue weighted by Crippen LogP contribution is -2.35. The summed E-state index contributed by atoms with van der Waals surface area (Å²) < 4.78 is 0. The quantitative estimate of drug-likeness (QED) is 0.659. The number of nitrogens with one attached hydrogen (secondary N) is 1. The normalized spacial score (nSPS) is 10.3. The Hall–Kier alpha value is -3.07. The molecule has 1 N–H and O–H groups in total. The fourth-order valence-corrected chi connectivity index (χ4v) is 2.82. The topological polar surface area (TPSA) is 32.3 Å². The van der Waals surface area contributed by atoms with Crippen LogP contribution in [0.2, 0.25) is 0 Å². The molecule has 3 aromatic carbocycles. The fourth-order valence-electron chi connectivity index (χ4n) is 2.82. The zero-order valence-corrected chi connectivity index (χ0v) is 14.4. The summed E-state index contributed by atoms with van der Waals surface area (Å²) in [5.41, 5.74) is 3.99. The standard InChI is InChI=1S/C22H22N2O/c1-2-19-13-9-10-16-21(19)24(17-18-11-5-3-6-12-18)22(25)23-20-14-7-4-8-15-20/h3-16H,2,17H2,1H3,(H,23,25). The summed E-state index contributed by atoms with van der Waals surface area (Å²) >= 11 is 0. The smallest absolute Gasteiger partial charge is 0.308 e. The van der Waals surface area contributed by atoms with Crippen LogP contribution in [0.4, 0.5) is 16.2 Å². The van der Waals surface area contributed by atoms with Gasteiger partial charge in [-0.2, -0.15) is 0 Å². The van der Waals surface area contributed by atoms with E-state index in [2.05, 4.69) is 18.3 Å². The Morgan fingerprint density at radius 1 is 0.840 bits per heavy atom. The second kappa shape index (κ2) is 8.15. The van der Waals surface area contributed by atoms with Gasteiger partial charge in [-0.15, -0.1) is 0 Å². The monoisotopic (exact) mass is 330 g/mol. The number of para-hydroxylation sites is 2. The molecule has 0 aliphatic rings. The van der Waals surface area contributed by atoms with Crippen molar-refractivity contribution in [1.29, 1.82) is 0 Å². The summed E-state index contributed by atoms with van der Waals surface area (Å²) in [6.45, 7) is 2.63. The van der Waals surface area contributed by atoms with Crippen LogP contribution < -0.4 is 10.2 Å². The van der Waals surface area contributed by atoms with E-state index in [1.165, 1.54) is 0 Å². The lowest BCUT2D eigenvalue weighted by molar-refractivity contribution is 0.256. The summed E-state index contributed by atoms with van der Waals surface area (Å²) in [5, 5.41) is 3.00. The molecule has 126 valence electrons. The molecule has 0 spiro atoms. The van der Waals surface area contributed by atoms with Gasteiger partial charge in [-0.1, -0.05) is 73.7 Å². The molecule has 0 aromatic heterocycles. The molecule has 3 heteroatoms. The number of amides is 2. The van der Waals surface area contributed by atoms with Crippen molar-refractivity contribution >= 4 is 17.4 Å². The Morgan fingerprint density at radius 3 is 2.12 bits per heavy atom. The lowest BCUT2D eigenvalue weighted by atomic mass is 10.1. The third kappa shape index (κ3) is 4.27. The average Bonchev–Trinajstić information content (AvgIpc) is 2.67. The number of benzene rings is 3. The van der Waals surface area contributed by atoms with E-state index in [9.17, 15) is 4.79 Å². The van der Waals surface area contributed by atoms with Gasteiger partial charge in [0.25, 0.3) is 0 Å². The summed E-state index contributed by atoms with van der Waals surface area (Å²) in [6, 6.07) is 27.5. The molecular formula is C22H22N2O. The number of carbonyl (C=O) groups excluding carboxylic acids is 1. The first-order valence-corrected chi connectivity index (χ1v) is 8.53. The number of carbonyl (C=O) groups is 1. The first-order chi connectivity index (χ1) is 12.3. The van der Waals surface area contributed by atoms with Crippen LogP contribution in [0, 0.1) is 0 Å². The molecule has 3 rings (SSSR count). The number of hydrogen-bond donors (Lipinski definition) is 1. The molecule has 0 saturated carbocycles. The molecule has 0 fully saturated rings. The summed E-state index contributed by atoms with van der Waals surface area (Å²) in [4.78, 5) is 14.8. The van der Waals surface area contributed by atoms with Gasteiger partial charge in [-0.3, -0.25) is 4.90 Å². The molecule has 2 amide bonds. The van der Waals surface area contributed by atoms with Gasteiger partial charge >= 0.3 is 6.03 Å². The highest BCUT2D eigenvalue weighted by molar-refractivity contribution is 6.02. The van der Waals surface area contributed by atoms with E-state index in [4.69, 9.17) is 0 Å². The minimum absolute atomic E-state index is 0.129. The molecule has 3 nitrogen and oxygen atoms in total. The Morgan fingerprint density at radius 2 is 1.44 bits per heavy atom. The van der Waals surface area contributed by atoms with Crippen LogP contribution in [0.5, 0.6) is 0 Å². The van der Waals surface area contributed by atoms with Crippen molar-refractivity contribution in [3.63, 3.8) is 0 Å². The third-order valence-corrected chi connectivity index (χ3v) is 4.12. The van der Waals surface area contributed by atoms with Crippen LogP contribution in [0.1, 0.15) is 18.1 Å². The molecule has 3 aromatic rings. The van der Waals surface area contributed by atoms with Gasteiger partial charge in [0.05, 0.1) is 6.54 Å². The Labute approximate surface area is 148 Å². The zero-order chi connectivity index (χ0) is 17.5. The highest BCUT2D eigenvalue weighted by atomic mass is 16.2. The van der Waals surface area contributed by atoms with Crippen LogP contribution in [0.3, 0.4) is 0 Å². The van der Waals surface area contributed by atoms with E-state index in [0.29, 0.717) is 6.54 Å². The highest BCUT2D eigenvalue weighted by Gasteiger charge is 2.18. The summed E-state index contributed by atoms with van der Waals surface area (Å²) in [7, 11) is 0. The van der Waals surface area contributed by atoms with Gasteiger partial charge < -0.3 is 5.32 Å². The molecule has 0 aliphatic heterocycles. The predicted molar refractivity (Wildman–Crippen MR) is 104 cm³/mol. The molecular weight excluding hydrogens is 308 g/mol. The van der Waals surface area contributed by atoms with Gasteiger partial charge in [-0.25, -0.2) is 4.79 Å². The largest absolute Gasteiger partial charge is 0.326 e. The van der Waals surface area contributed by atoms with E-state index in [-0.39, 0.29) is 6.03 Å². The third-order valence-electron chi connectivity index (χ3n) is 4.12. The van der Waals surface area contributed by atoms with Gasteiger partial charge in [0, 0.05) is 11.4 Å². The molecule has 25 heavy (non-hydrogen) atoms. The fraction of sp³-hybridized carbons (Fsp3) is 0.136. The molecule has 0 aliphatic carbocycles. The van der Waals surface area contributed by atoms with Crippen molar-refractivity contribution in [2.24, 2.45) is 0 Å². The number of anilines is 2. The van der Waals surface area contributed by atoms with Crippen LogP contribution in [0.15, 0.2) is 84.9 Å². The van der Waals surface area contributed by atoms with Gasteiger partial charge in [0.15, 0.2) is 0 Å². The maximum absolute atomic E-state index is 13.0. The number of nitrogens with zero attached hydrogens (tertiary/aromatic N) is 1. The Balaban J connectivity index is 1.92. The van der Waals surface area contributed by atoms with Gasteiger partial charge in [0.1, 0.15) is 0 Å². The Bertz CT molecular complexity index is 816. The van der Waals surface area contributed by atoms with Crippen molar-refractivity contribution in [2.45, 2.75) is 19.9 Å². The maximum Gasteiger partial charge on any atom is 0.326 e. The van der Waals surface area contributed by atoms with Gasteiger partial charge in [-0.05, 0) is 35.7 Å². The predicted octanol–water partition coefficient (Wildman–Crippen LogP) is 5.49. The van der Waals surface area contributed by atoms with Crippen LogP contribution in [-0.4, -0.2) is 6.03 Å².